The summed E-state index contributed by atoms with van der Waals surface area (Å²) in [5, 5.41) is 7.95. The minimum Gasteiger partial charge on any atom is -0.449 e. The van der Waals surface area contributed by atoms with Crippen LogP contribution in [0, 0.1) is 0 Å². The van der Waals surface area contributed by atoms with Gasteiger partial charge >= 0.3 is 12.3 Å². The molecule has 5 heteroatoms. The largest absolute Gasteiger partial charge is 0.518 e. The van der Waals surface area contributed by atoms with E-state index < -0.39 is 12.3 Å². The van der Waals surface area contributed by atoms with Crippen LogP contribution in [-0.2, 0) is 9.47 Å². The summed E-state index contributed by atoms with van der Waals surface area (Å²) >= 11 is 0. The van der Waals surface area contributed by atoms with Crippen LogP contribution in [0.3, 0.4) is 0 Å². The molecule has 0 aromatic carbocycles. The first-order valence-electron chi connectivity index (χ1n) is 3.23. The Balaban J connectivity index is 3.58. The van der Waals surface area contributed by atoms with Gasteiger partial charge in [-0.3, -0.25) is 0 Å². The number of carbonyl (C=O) groups is 2. The SMILES string of the molecule is CC(C)=CCOC(=O)OC(=O)O. The van der Waals surface area contributed by atoms with Crippen LogP contribution >= 0.6 is 0 Å². The Morgan fingerprint density at radius 2 is 2.00 bits per heavy atom. The van der Waals surface area contributed by atoms with E-state index in [1.54, 1.807) is 6.08 Å². The maximum absolute atomic E-state index is 10.4. The van der Waals surface area contributed by atoms with Crippen molar-refractivity contribution in [3.05, 3.63) is 11.6 Å². The minimum absolute atomic E-state index is 0.0223. The van der Waals surface area contributed by atoms with Crippen molar-refractivity contribution in [1.29, 1.82) is 0 Å². The second-order valence-electron chi connectivity index (χ2n) is 2.21. The fourth-order valence-corrected chi connectivity index (χ4v) is 0.377. The van der Waals surface area contributed by atoms with E-state index in [0.717, 1.165) is 5.57 Å². The molecule has 0 fully saturated rings. The average Bonchev–Trinajstić information content (AvgIpc) is 1.84. The first-order chi connectivity index (χ1) is 5.52. The van der Waals surface area contributed by atoms with Gasteiger partial charge < -0.3 is 14.6 Å². The summed E-state index contributed by atoms with van der Waals surface area (Å²) in [6.07, 6.45) is -1.25. The predicted molar refractivity (Wildman–Crippen MR) is 39.9 cm³/mol. The smallest absolute Gasteiger partial charge is 0.449 e. The summed E-state index contributed by atoms with van der Waals surface area (Å²) in [5.74, 6) is 0. The maximum Gasteiger partial charge on any atom is 0.518 e. The molecule has 1 N–H and O–H groups in total. The Labute approximate surface area is 69.6 Å². The molecule has 0 aliphatic rings. The molecule has 0 bridgehead atoms. The average molecular weight is 174 g/mol. The second-order valence-corrected chi connectivity index (χ2v) is 2.21. The molecule has 0 spiro atoms. The molecule has 0 saturated carbocycles. The zero-order valence-corrected chi connectivity index (χ0v) is 6.86. The molecule has 0 rings (SSSR count). The lowest BCUT2D eigenvalue weighted by molar-refractivity contribution is 0.0606. The number of ether oxygens (including phenoxy) is 2. The number of hydrogen-bond donors (Lipinski definition) is 1. The highest BCUT2D eigenvalue weighted by atomic mass is 16.8. The Hall–Kier alpha value is -1.52. The third-order valence-electron chi connectivity index (χ3n) is 0.863. The van der Waals surface area contributed by atoms with Crippen LogP contribution in [0.1, 0.15) is 13.8 Å². The Bertz CT molecular complexity index is 202. The molecule has 0 unspecified atom stereocenters. The van der Waals surface area contributed by atoms with E-state index in [2.05, 4.69) is 9.47 Å². The number of hydrogen-bond acceptors (Lipinski definition) is 4. The first-order valence-corrected chi connectivity index (χ1v) is 3.23. The lowest BCUT2D eigenvalue weighted by Gasteiger charge is -1.98. The molecular weight excluding hydrogens is 164 g/mol. The van der Waals surface area contributed by atoms with Crippen molar-refractivity contribution in [3.8, 4) is 0 Å². The molecule has 0 aliphatic carbocycles. The maximum atomic E-state index is 10.4. The Kier molecular flexibility index (Phi) is 4.52. The van der Waals surface area contributed by atoms with E-state index in [0.29, 0.717) is 0 Å². The second kappa shape index (κ2) is 5.17. The fourth-order valence-electron chi connectivity index (χ4n) is 0.377. The van der Waals surface area contributed by atoms with Crippen molar-refractivity contribution in [3.63, 3.8) is 0 Å². The van der Waals surface area contributed by atoms with Gasteiger partial charge in [-0.25, -0.2) is 9.59 Å². The number of carboxylic acid groups (broad SMARTS) is 1. The molecule has 0 aromatic heterocycles. The highest BCUT2D eigenvalue weighted by Gasteiger charge is 2.07. The summed E-state index contributed by atoms with van der Waals surface area (Å²) in [6, 6.07) is 0. The van der Waals surface area contributed by atoms with E-state index in [4.69, 9.17) is 5.11 Å². The van der Waals surface area contributed by atoms with Gasteiger partial charge in [0.25, 0.3) is 0 Å². The first kappa shape index (κ1) is 10.5. The normalized spacial score (nSPS) is 8.50. The molecule has 0 saturated heterocycles. The van der Waals surface area contributed by atoms with Gasteiger partial charge in [0, 0.05) is 0 Å². The number of rotatable bonds is 2. The van der Waals surface area contributed by atoms with Crippen molar-refractivity contribution in [1.82, 2.24) is 0 Å². The molecule has 5 nitrogen and oxygen atoms in total. The van der Waals surface area contributed by atoms with Gasteiger partial charge in [-0.2, -0.15) is 0 Å². The molecule has 12 heavy (non-hydrogen) atoms. The van der Waals surface area contributed by atoms with Crippen LogP contribution < -0.4 is 0 Å². The Morgan fingerprint density at radius 3 is 2.42 bits per heavy atom. The van der Waals surface area contributed by atoms with Crippen molar-refractivity contribution < 1.29 is 24.2 Å². The zero-order chi connectivity index (χ0) is 9.56. The van der Waals surface area contributed by atoms with Crippen LogP contribution in [0.4, 0.5) is 9.59 Å². The topological polar surface area (TPSA) is 72.8 Å². The van der Waals surface area contributed by atoms with Gasteiger partial charge in [0.2, 0.25) is 0 Å². The van der Waals surface area contributed by atoms with Crippen LogP contribution in [0.15, 0.2) is 11.6 Å². The van der Waals surface area contributed by atoms with E-state index in [1.807, 2.05) is 13.8 Å². The number of carbonyl (C=O) groups excluding carboxylic acids is 1. The van der Waals surface area contributed by atoms with E-state index in [-0.39, 0.29) is 6.61 Å². The third-order valence-corrected chi connectivity index (χ3v) is 0.863. The molecule has 0 radical (unpaired) electrons. The highest BCUT2D eigenvalue weighted by molar-refractivity contribution is 5.75. The van der Waals surface area contributed by atoms with Crippen LogP contribution in [0.25, 0.3) is 0 Å². The van der Waals surface area contributed by atoms with Crippen molar-refractivity contribution in [2.45, 2.75) is 13.8 Å². The lowest BCUT2D eigenvalue weighted by Crippen LogP contribution is -2.11. The van der Waals surface area contributed by atoms with Gasteiger partial charge in [-0.1, -0.05) is 5.57 Å². The fraction of sp³-hybridized carbons (Fsp3) is 0.429. The lowest BCUT2D eigenvalue weighted by atomic mass is 10.3. The van der Waals surface area contributed by atoms with Crippen LogP contribution in [0.5, 0.6) is 0 Å². The third kappa shape index (κ3) is 6.60. The van der Waals surface area contributed by atoms with Gasteiger partial charge in [0.1, 0.15) is 6.61 Å². The van der Waals surface area contributed by atoms with Crippen molar-refractivity contribution in [2.75, 3.05) is 6.61 Å². The monoisotopic (exact) mass is 174 g/mol. The molecule has 0 aliphatic heterocycles. The van der Waals surface area contributed by atoms with Gasteiger partial charge in [-0.15, -0.1) is 0 Å². The quantitative estimate of drug-likeness (QED) is 0.392. The summed E-state index contributed by atoms with van der Waals surface area (Å²) in [7, 11) is 0. The van der Waals surface area contributed by atoms with E-state index in [9.17, 15) is 9.59 Å². The summed E-state index contributed by atoms with van der Waals surface area (Å²) in [5.41, 5.74) is 0.970. The summed E-state index contributed by atoms with van der Waals surface area (Å²) in [6.45, 7) is 3.67. The van der Waals surface area contributed by atoms with Crippen LogP contribution in [0.2, 0.25) is 0 Å². The van der Waals surface area contributed by atoms with Gasteiger partial charge in [0.15, 0.2) is 0 Å². The standard InChI is InChI=1S/C7H10O5/c1-5(2)3-4-11-7(10)12-6(8)9/h3H,4H2,1-2H3,(H,8,9). The summed E-state index contributed by atoms with van der Waals surface area (Å²) < 4.78 is 8.00. The molecule has 0 aromatic rings. The van der Waals surface area contributed by atoms with Crippen LogP contribution in [-0.4, -0.2) is 24.0 Å². The zero-order valence-electron chi connectivity index (χ0n) is 6.86. The number of allylic oxidation sites excluding steroid dienone is 1. The summed E-state index contributed by atoms with van der Waals surface area (Å²) in [4.78, 5) is 20.1. The van der Waals surface area contributed by atoms with Crippen molar-refractivity contribution >= 4 is 12.3 Å². The molecule has 0 heterocycles. The highest BCUT2D eigenvalue weighted by Crippen LogP contribution is 1.91. The molecular formula is C7H10O5. The van der Waals surface area contributed by atoms with Gasteiger partial charge in [0.05, 0.1) is 0 Å². The Morgan fingerprint density at radius 1 is 1.42 bits per heavy atom. The van der Waals surface area contributed by atoms with Crippen molar-refractivity contribution in [2.24, 2.45) is 0 Å². The predicted octanol–water partition coefficient (Wildman–Crippen LogP) is 1.78. The molecule has 0 amide bonds. The van der Waals surface area contributed by atoms with Gasteiger partial charge in [-0.05, 0) is 19.9 Å². The molecule has 0 atom stereocenters. The molecule has 68 valence electrons. The minimum atomic E-state index is -1.67. The van der Waals surface area contributed by atoms with E-state index >= 15 is 0 Å². The van der Waals surface area contributed by atoms with E-state index in [1.165, 1.54) is 0 Å².